The molecule has 0 aliphatic carbocycles. The van der Waals surface area contributed by atoms with E-state index in [0.29, 0.717) is 0 Å². The lowest BCUT2D eigenvalue weighted by Gasteiger charge is -2.21. The van der Waals surface area contributed by atoms with Gasteiger partial charge >= 0.3 is 12.2 Å². The average molecular weight is 247 g/mol. The minimum absolute atomic E-state index is 0.667. The van der Waals surface area contributed by atoms with E-state index in [0.717, 1.165) is 0 Å². The first-order valence-corrected chi connectivity index (χ1v) is 4.90. The molecule has 0 saturated heterocycles. The number of hydrogen-bond acceptors (Lipinski definition) is 4. The molecule has 0 unspecified atom stereocenters. The van der Waals surface area contributed by atoms with E-state index in [9.17, 15) is 14.4 Å². The van der Waals surface area contributed by atoms with E-state index in [1.165, 1.54) is 6.92 Å². The molecule has 0 aromatic heterocycles. The van der Waals surface area contributed by atoms with Gasteiger partial charge in [-0.3, -0.25) is 10.2 Å². The number of alkyl carbamates (subject to hydrolysis) is 1. The second-order valence-electron chi connectivity index (χ2n) is 4.29. The van der Waals surface area contributed by atoms with Crippen LogP contribution in [0.3, 0.4) is 0 Å². The highest BCUT2D eigenvalue weighted by atomic mass is 16.6. The Balaban J connectivity index is 4.08. The molecule has 0 radical (unpaired) electrons. The molecule has 0 spiro atoms. The largest absolute Gasteiger partial charge is 0.464 e. The Morgan fingerprint density at radius 3 is 2.12 bits per heavy atom. The van der Waals surface area contributed by atoms with Crippen molar-refractivity contribution < 1.29 is 24.2 Å². The summed E-state index contributed by atoms with van der Waals surface area (Å²) in [6, 6.07) is -0.920. The standard InChI is InChI=1S/C9H17N3O5/c1-5(6(13)11-12-7(14)15)10-8(16)17-9(2,3)4/h5,12H,1-4H3,(H,10,16)(H,11,13)(H,14,15)/t5-/m0/s1. The Bertz CT molecular complexity index is 310. The number of rotatable bonds is 2. The predicted molar refractivity (Wildman–Crippen MR) is 58.1 cm³/mol. The Morgan fingerprint density at radius 1 is 1.18 bits per heavy atom. The lowest BCUT2D eigenvalue weighted by Crippen LogP contribution is -2.51. The van der Waals surface area contributed by atoms with Crippen molar-refractivity contribution in [2.45, 2.75) is 39.3 Å². The fraction of sp³-hybridized carbons (Fsp3) is 0.667. The molecular weight excluding hydrogens is 230 g/mol. The van der Waals surface area contributed by atoms with Crippen molar-refractivity contribution in [2.75, 3.05) is 0 Å². The second kappa shape index (κ2) is 5.92. The normalized spacial score (nSPS) is 12.2. The molecule has 0 aliphatic rings. The fourth-order valence-corrected chi connectivity index (χ4v) is 0.773. The summed E-state index contributed by atoms with van der Waals surface area (Å²) in [7, 11) is 0. The van der Waals surface area contributed by atoms with Crippen LogP contribution in [-0.4, -0.2) is 34.8 Å². The third-order valence-electron chi connectivity index (χ3n) is 1.42. The Kier molecular flexibility index (Phi) is 5.23. The molecule has 3 amide bonds. The van der Waals surface area contributed by atoms with Crippen LogP contribution < -0.4 is 16.2 Å². The number of hydrogen-bond donors (Lipinski definition) is 4. The van der Waals surface area contributed by atoms with Crippen molar-refractivity contribution in [1.82, 2.24) is 16.2 Å². The van der Waals surface area contributed by atoms with Crippen molar-refractivity contribution in [2.24, 2.45) is 0 Å². The van der Waals surface area contributed by atoms with Gasteiger partial charge < -0.3 is 15.2 Å². The van der Waals surface area contributed by atoms with Gasteiger partial charge in [0, 0.05) is 0 Å². The molecule has 1 atom stereocenters. The van der Waals surface area contributed by atoms with Gasteiger partial charge in [-0.25, -0.2) is 15.0 Å². The van der Waals surface area contributed by atoms with E-state index in [-0.39, 0.29) is 0 Å². The molecule has 0 aromatic carbocycles. The fourth-order valence-electron chi connectivity index (χ4n) is 0.773. The number of carboxylic acid groups (broad SMARTS) is 1. The SMILES string of the molecule is C[C@H](NC(=O)OC(C)(C)C)C(=O)NNC(=O)O. The van der Waals surface area contributed by atoms with Gasteiger partial charge in [0.1, 0.15) is 11.6 Å². The van der Waals surface area contributed by atoms with Crippen molar-refractivity contribution in [3.05, 3.63) is 0 Å². The van der Waals surface area contributed by atoms with Crippen molar-refractivity contribution in [1.29, 1.82) is 0 Å². The van der Waals surface area contributed by atoms with E-state index < -0.39 is 29.7 Å². The lowest BCUT2D eigenvalue weighted by atomic mass is 10.2. The number of carbonyl (C=O) groups excluding carboxylic acids is 2. The molecule has 0 bridgehead atoms. The van der Waals surface area contributed by atoms with Gasteiger partial charge in [0.25, 0.3) is 5.91 Å². The first kappa shape index (κ1) is 15.0. The smallest absolute Gasteiger partial charge is 0.423 e. The van der Waals surface area contributed by atoms with Crippen LogP contribution in [0.5, 0.6) is 0 Å². The van der Waals surface area contributed by atoms with Crippen molar-refractivity contribution >= 4 is 18.1 Å². The average Bonchev–Trinajstić information content (AvgIpc) is 2.10. The zero-order valence-corrected chi connectivity index (χ0v) is 10.2. The Morgan fingerprint density at radius 2 is 1.71 bits per heavy atom. The Hall–Kier alpha value is -1.99. The number of nitrogens with one attached hydrogen (secondary N) is 3. The summed E-state index contributed by atoms with van der Waals surface area (Å²) in [5.74, 6) is -0.696. The molecule has 0 fully saturated rings. The predicted octanol–water partition coefficient (Wildman–Crippen LogP) is 0.198. The zero-order valence-electron chi connectivity index (χ0n) is 10.2. The molecule has 0 saturated carbocycles. The van der Waals surface area contributed by atoms with Gasteiger partial charge in [-0.15, -0.1) is 0 Å². The summed E-state index contributed by atoms with van der Waals surface area (Å²) in [5, 5.41) is 10.5. The van der Waals surface area contributed by atoms with Gasteiger partial charge in [0.15, 0.2) is 0 Å². The van der Waals surface area contributed by atoms with Crippen LogP contribution in [0, 0.1) is 0 Å². The molecule has 17 heavy (non-hydrogen) atoms. The highest BCUT2D eigenvalue weighted by molar-refractivity contribution is 5.86. The summed E-state index contributed by atoms with van der Waals surface area (Å²) in [4.78, 5) is 32.6. The summed E-state index contributed by atoms with van der Waals surface area (Å²) in [6.45, 7) is 6.44. The van der Waals surface area contributed by atoms with Crippen LogP contribution in [0.25, 0.3) is 0 Å². The minimum Gasteiger partial charge on any atom is -0.464 e. The highest BCUT2D eigenvalue weighted by Crippen LogP contribution is 2.06. The summed E-state index contributed by atoms with van der Waals surface area (Å²) >= 11 is 0. The third-order valence-corrected chi connectivity index (χ3v) is 1.42. The summed E-state index contributed by atoms with van der Waals surface area (Å²) in [6.07, 6.45) is -2.15. The van der Waals surface area contributed by atoms with Crippen LogP contribution in [0.4, 0.5) is 9.59 Å². The number of hydrazine groups is 1. The Labute approximate surface area is 98.7 Å². The molecule has 0 aliphatic heterocycles. The van der Waals surface area contributed by atoms with E-state index in [4.69, 9.17) is 9.84 Å². The molecule has 8 heteroatoms. The molecular formula is C9H17N3O5. The van der Waals surface area contributed by atoms with E-state index in [2.05, 4.69) is 5.32 Å². The molecule has 98 valence electrons. The highest BCUT2D eigenvalue weighted by Gasteiger charge is 2.20. The van der Waals surface area contributed by atoms with Crippen LogP contribution in [0.2, 0.25) is 0 Å². The summed E-state index contributed by atoms with van der Waals surface area (Å²) < 4.78 is 4.92. The number of amides is 3. The van der Waals surface area contributed by atoms with Gasteiger partial charge in [-0.1, -0.05) is 0 Å². The van der Waals surface area contributed by atoms with Gasteiger partial charge in [-0.2, -0.15) is 0 Å². The second-order valence-corrected chi connectivity index (χ2v) is 4.29. The molecule has 0 rings (SSSR count). The maximum atomic E-state index is 11.3. The van der Waals surface area contributed by atoms with E-state index in [1.54, 1.807) is 26.2 Å². The van der Waals surface area contributed by atoms with Gasteiger partial charge in [0.2, 0.25) is 0 Å². The van der Waals surface area contributed by atoms with E-state index >= 15 is 0 Å². The molecule has 4 N–H and O–H groups in total. The number of ether oxygens (including phenoxy) is 1. The van der Waals surface area contributed by atoms with Gasteiger partial charge in [0.05, 0.1) is 0 Å². The quantitative estimate of drug-likeness (QED) is 0.520. The molecule has 8 nitrogen and oxygen atoms in total. The van der Waals surface area contributed by atoms with Gasteiger partial charge in [-0.05, 0) is 27.7 Å². The first-order valence-electron chi connectivity index (χ1n) is 4.90. The maximum absolute atomic E-state index is 11.3. The first-order chi connectivity index (χ1) is 7.61. The number of carbonyl (C=O) groups is 3. The monoisotopic (exact) mass is 247 g/mol. The molecule has 0 heterocycles. The van der Waals surface area contributed by atoms with Crippen molar-refractivity contribution in [3.63, 3.8) is 0 Å². The lowest BCUT2D eigenvalue weighted by molar-refractivity contribution is -0.123. The zero-order chi connectivity index (χ0) is 13.6. The minimum atomic E-state index is -1.40. The van der Waals surface area contributed by atoms with Crippen LogP contribution in [-0.2, 0) is 9.53 Å². The van der Waals surface area contributed by atoms with Crippen LogP contribution in [0.15, 0.2) is 0 Å². The third kappa shape index (κ3) is 7.88. The topological polar surface area (TPSA) is 117 Å². The van der Waals surface area contributed by atoms with E-state index in [1.807, 2.05) is 5.43 Å². The van der Waals surface area contributed by atoms with Crippen LogP contribution in [0.1, 0.15) is 27.7 Å². The van der Waals surface area contributed by atoms with Crippen LogP contribution >= 0.6 is 0 Å². The summed E-state index contributed by atoms with van der Waals surface area (Å²) in [5.41, 5.74) is 2.90. The van der Waals surface area contributed by atoms with Crippen molar-refractivity contribution in [3.8, 4) is 0 Å². The maximum Gasteiger partial charge on any atom is 0.423 e. The molecule has 0 aromatic rings.